The van der Waals surface area contributed by atoms with Crippen molar-refractivity contribution < 1.29 is 8.78 Å². The van der Waals surface area contributed by atoms with Gasteiger partial charge in [-0.15, -0.1) is 0 Å². The number of piperazine rings is 1. The lowest BCUT2D eigenvalue weighted by molar-refractivity contribution is 0.212. The van der Waals surface area contributed by atoms with Gasteiger partial charge in [0, 0.05) is 48.5 Å². The average molecular weight is 491 g/mol. The van der Waals surface area contributed by atoms with Crippen LogP contribution in [-0.2, 0) is 0 Å². The van der Waals surface area contributed by atoms with Crippen LogP contribution in [0.2, 0.25) is 5.02 Å². The Morgan fingerprint density at radius 3 is 1.83 bits per heavy atom. The van der Waals surface area contributed by atoms with E-state index in [1.165, 1.54) is 24.3 Å². The minimum absolute atomic E-state index is 0.0921. The van der Waals surface area contributed by atoms with Crippen LogP contribution < -0.4 is 10.6 Å². The number of hydrogen-bond donors (Lipinski definition) is 1. The maximum atomic E-state index is 13.6. The minimum atomic E-state index is -0.275. The first-order valence-electron chi connectivity index (χ1n) is 11.5. The summed E-state index contributed by atoms with van der Waals surface area (Å²) < 4.78 is 27.2. The van der Waals surface area contributed by atoms with Gasteiger partial charge in [0.05, 0.1) is 11.7 Å². The van der Waals surface area contributed by atoms with Gasteiger partial charge in [0.1, 0.15) is 17.5 Å². The van der Waals surface area contributed by atoms with Gasteiger partial charge in [0.15, 0.2) is 0 Å². The first kappa shape index (κ1) is 23.3. The molecule has 35 heavy (non-hydrogen) atoms. The molecule has 0 atom stereocenters. The van der Waals surface area contributed by atoms with Crippen molar-refractivity contribution in [2.45, 2.75) is 6.04 Å². The van der Waals surface area contributed by atoms with E-state index >= 15 is 0 Å². The topological polar surface area (TPSA) is 45.4 Å². The molecule has 2 N–H and O–H groups in total. The third-order valence-corrected chi connectivity index (χ3v) is 6.64. The van der Waals surface area contributed by atoms with Crippen molar-refractivity contribution >= 4 is 23.1 Å². The van der Waals surface area contributed by atoms with Gasteiger partial charge in [0.2, 0.25) is 0 Å². The fraction of sp³-hybridized carbons (Fsp3) is 0.179. The number of rotatable bonds is 5. The highest BCUT2D eigenvalue weighted by molar-refractivity contribution is 6.30. The zero-order valence-corrected chi connectivity index (χ0v) is 19.8. The summed E-state index contributed by atoms with van der Waals surface area (Å²) in [7, 11) is 0. The molecular formula is C28H25ClF2N4. The van der Waals surface area contributed by atoms with E-state index in [1.807, 2.05) is 36.4 Å². The summed E-state index contributed by atoms with van der Waals surface area (Å²) >= 11 is 6.03. The molecule has 178 valence electrons. The van der Waals surface area contributed by atoms with E-state index in [1.54, 1.807) is 24.3 Å². The second kappa shape index (κ2) is 10.0. The highest BCUT2D eigenvalue weighted by Gasteiger charge is 2.27. The second-order valence-electron chi connectivity index (χ2n) is 8.67. The maximum Gasteiger partial charge on any atom is 0.126 e. The molecule has 4 aromatic rings. The van der Waals surface area contributed by atoms with Crippen LogP contribution in [0.4, 0.5) is 20.3 Å². The van der Waals surface area contributed by atoms with Gasteiger partial charge in [-0.1, -0.05) is 48.0 Å². The normalized spacial score (nSPS) is 14.5. The average Bonchev–Trinajstić information content (AvgIpc) is 2.87. The van der Waals surface area contributed by atoms with Gasteiger partial charge in [-0.3, -0.25) is 4.90 Å². The quantitative estimate of drug-likeness (QED) is 0.363. The van der Waals surface area contributed by atoms with Crippen LogP contribution in [0, 0.1) is 11.6 Å². The standard InChI is InChI=1S/C28H25ClF2N4/c29-22-7-1-19(2-8-22)26-17-25(18-27(32)33-26)34-13-15-35(16-14-34)28(20-3-9-23(30)10-4-20)21-5-11-24(31)12-6-21/h1-12,17-18,28H,13-16H2,(H2,32,33). The van der Waals surface area contributed by atoms with E-state index in [-0.39, 0.29) is 17.7 Å². The van der Waals surface area contributed by atoms with E-state index in [0.29, 0.717) is 10.8 Å². The Balaban J connectivity index is 1.38. The number of nitrogens with two attached hydrogens (primary N) is 1. The molecule has 4 nitrogen and oxygen atoms in total. The predicted octanol–water partition coefficient (Wildman–Crippen LogP) is 6.17. The molecule has 0 unspecified atom stereocenters. The molecule has 0 radical (unpaired) electrons. The molecule has 5 rings (SSSR count). The monoisotopic (exact) mass is 490 g/mol. The molecule has 1 fully saturated rings. The molecule has 1 aliphatic rings. The molecule has 0 bridgehead atoms. The van der Waals surface area contributed by atoms with Crippen molar-refractivity contribution in [2.24, 2.45) is 0 Å². The van der Waals surface area contributed by atoms with Gasteiger partial charge < -0.3 is 10.6 Å². The maximum absolute atomic E-state index is 13.6. The summed E-state index contributed by atoms with van der Waals surface area (Å²) in [4.78, 5) is 9.14. The lowest BCUT2D eigenvalue weighted by Crippen LogP contribution is -2.48. The lowest BCUT2D eigenvalue weighted by Gasteiger charge is -2.40. The van der Waals surface area contributed by atoms with E-state index in [4.69, 9.17) is 17.3 Å². The van der Waals surface area contributed by atoms with Crippen LogP contribution in [0.1, 0.15) is 17.2 Å². The van der Waals surface area contributed by atoms with E-state index in [9.17, 15) is 8.78 Å². The summed E-state index contributed by atoms with van der Waals surface area (Å²) in [6, 6.07) is 24.5. The molecule has 0 aliphatic carbocycles. The fourth-order valence-electron chi connectivity index (χ4n) is 4.63. The van der Waals surface area contributed by atoms with Crippen molar-refractivity contribution in [1.82, 2.24) is 9.88 Å². The summed E-state index contributed by atoms with van der Waals surface area (Å²) in [6.07, 6.45) is 0. The third kappa shape index (κ3) is 5.29. The zero-order chi connectivity index (χ0) is 24.4. The molecule has 7 heteroatoms. The lowest BCUT2D eigenvalue weighted by atomic mass is 9.96. The van der Waals surface area contributed by atoms with Gasteiger partial charge in [0.25, 0.3) is 0 Å². The van der Waals surface area contributed by atoms with Crippen molar-refractivity contribution in [3.05, 3.63) is 113 Å². The van der Waals surface area contributed by atoms with Crippen LogP contribution >= 0.6 is 11.6 Å². The summed E-state index contributed by atoms with van der Waals surface area (Å²) in [5.74, 6) is -0.0863. The van der Waals surface area contributed by atoms with Crippen LogP contribution in [-0.4, -0.2) is 36.1 Å². The largest absolute Gasteiger partial charge is 0.384 e. The van der Waals surface area contributed by atoms with Crippen molar-refractivity contribution in [2.75, 3.05) is 36.8 Å². The number of anilines is 2. The first-order chi connectivity index (χ1) is 17.0. The smallest absolute Gasteiger partial charge is 0.126 e. The van der Waals surface area contributed by atoms with Gasteiger partial charge in [-0.05, 0) is 53.6 Å². The molecule has 0 amide bonds. The van der Waals surface area contributed by atoms with Crippen molar-refractivity contribution in [3.8, 4) is 11.3 Å². The first-order valence-corrected chi connectivity index (χ1v) is 11.9. The Kier molecular flexibility index (Phi) is 6.66. The molecular weight excluding hydrogens is 466 g/mol. The van der Waals surface area contributed by atoms with E-state index in [2.05, 4.69) is 14.8 Å². The summed E-state index contributed by atoms with van der Waals surface area (Å²) in [6.45, 7) is 3.11. The molecule has 0 saturated carbocycles. The second-order valence-corrected chi connectivity index (χ2v) is 9.11. The summed E-state index contributed by atoms with van der Waals surface area (Å²) in [5, 5.41) is 0.672. The Labute approximate surface area is 208 Å². The van der Waals surface area contributed by atoms with E-state index in [0.717, 1.165) is 54.3 Å². The fourth-order valence-corrected chi connectivity index (χ4v) is 4.76. The SMILES string of the molecule is Nc1cc(N2CCN(C(c3ccc(F)cc3)c3ccc(F)cc3)CC2)cc(-c2ccc(Cl)cc2)n1. The van der Waals surface area contributed by atoms with Gasteiger partial charge >= 0.3 is 0 Å². The highest BCUT2D eigenvalue weighted by atomic mass is 35.5. The number of nitrogen functional groups attached to an aromatic ring is 1. The number of nitrogens with zero attached hydrogens (tertiary/aromatic N) is 3. The minimum Gasteiger partial charge on any atom is -0.384 e. The molecule has 1 aliphatic heterocycles. The predicted molar refractivity (Wildman–Crippen MR) is 138 cm³/mol. The molecule has 2 heterocycles. The van der Waals surface area contributed by atoms with Gasteiger partial charge in [-0.2, -0.15) is 0 Å². The van der Waals surface area contributed by atoms with Gasteiger partial charge in [-0.25, -0.2) is 13.8 Å². The molecule has 1 saturated heterocycles. The Hall–Kier alpha value is -3.48. The molecule has 0 spiro atoms. The Bertz CT molecular complexity index is 1240. The number of halogens is 3. The molecule has 3 aromatic carbocycles. The van der Waals surface area contributed by atoms with Crippen LogP contribution in [0.3, 0.4) is 0 Å². The molecule has 1 aromatic heterocycles. The van der Waals surface area contributed by atoms with Crippen molar-refractivity contribution in [3.63, 3.8) is 0 Å². The zero-order valence-electron chi connectivity index (χ0n) is 19.0. The van der Waals surface area contributed by atoms with Crippen LogP contribution in [0.15, 0.2) is 84.9 Å². The van der Waals surface area contributed by atoms with Crippen LogP contribution in [0.25, 0.3) is 11.3 Å². The third-order valence-electron chi connectivity index (χ3n) is 6.39. The van der Waals surface area contributed by atoms with E-state index < -0.39 is 0 Å². The summed E-state index contributed by atoms with van der Waals surface area (Å²) in [5.41, 5.74) is 10.9. The Morgan fingerprint density at radius 2 is 1.29 bits per heavy atom. The van der Waals surface area contributed by atoms with Crippen molar-refractivity contribution in [1.29, 1.82) is 0 Å². The number of hydrogen-bond acceptors (Lipinski definition) is 4. The Morgan fingerprint density at radius 1 is 0.743 bits per heavy atom. The number of aromatic nitrogens is 1. The van der Waals surface area contributed by atoms with Crippen LogP contribution in [0.5, 0.6) is 0 Å². The number of benzene rings is 3. The highest BCUT2D eigenvalue weighted by Crippen LogP contribution is 2.32. The number of pyridine rings is 1.